The number of nitrogens with one attached hydrogen (secondary N) is 1. The third-order valence-electron chi connectivity index (χ3n) is 2.95. The summed E-state index contributed by atoms with van der Waals surface area (Å²) in [6, 6.07) is 4.80. The summed E-state index contributed by atoms with van der Waals surface area (Å²) in [5, 5.41) is 2.66. The van der Waals surface area contributed by atoms with E-state index >= 15 is 0 Å². The molecule has 6 heteroatoms. The van der Waals surface area contributed by atoms with Crippen LogP contribution in [0, 0.1) is 5.92 Å². The van der Waals surface area contributed by atoms with E-state index in [1.165, 1.54) is 6.07 Å². The Bertz CT molecular complexity index is 595. The summed E-state index contributed by atoms with van der Waals surface area (Å²) in [6.45, 7) is 4.03. The van der Waals surface area contributed by atoms with E-state index in [9.17, 15) is 13.2 Å². The topological polar surface area (TPSA) is 72.5 Å². The number of fused-ring (bicyclic) bond motifs is 1. The molecular formula is C13H17NO4S. The third kappa shape index (κ3) is 2.73. The van der Waals surface area contributed by atoms with Crippen LogP contribution >= 0.6 is 0 Å². The lowest BCUT2D eigenvalue weighted by Gasteiger charge is -2.13. The summed E-state index contributed by atoms with van der Waals surface area (Å²) in [4.78, 5) is 12.0. The van der Waals surface area contributed by atoms with Crippen molar-refractivity contribution in [1.82, 2.24) is 0 Å². The van der Waals surface area contributed by atoms with Gasteiger partial charge in [-0.05, 0) is 18.6 Å². The Hall–Kier alpha value is -1.56. The van der Waals surface area contributed by atoms with Gasteiger partial charge < -0.3 is 10.1 Å². The molecule has 1 aliphatic rings. The zero-order valence-electron chi connectivity index (χ0n) is 11.0. The SMILES string of the molecule is CCCOc1cccc2c1NC(=O)C(C)CS2(=O)=O. The van der Waals surface area contributed by atoms with Gasteiger partial charge in [0.25, 0.3) is 0 Å². The zero-order chi connectivity index (χ0) is 14.0. The van der Waals surface area contributed by atoms with Gasteiger partial charge in [0.2, 0.25) is 5.91 Å². The van der Waals surface area contributed by atoms with Gasteiger partial charge in [-0.3, -0.25) is 4.79 Å². The van der Waals surface area contributed by atoms with Gasteiger partial charge in [0.05, 0.1) is 17.3 Å². The van der Waals surface area contributed by atoms with Crippen molar-refractivity contribution < 1.29 is 17.9 Å². The molecule has 1 N–H and O–H groups in total. The number of para-hydroxylation sites is 1. The maximum absolute atomic E-state index is 12.2. The summed E-state index contributed by atoms with van der Waals surface area (Å²) in [6.07, 6.45) is 0.806. The molecule has 1 aromatic carbocycles. The van der Waals surface area contributed by atoms with E-state index < -0.39 is 15.8 Å². The Balaban J connectivity index is 2.54. The number of sulfone groups is 1. The number of carbonyl (C=O) groups excluding carboxylic acids is 1. The molecule has 0 radical (unpaired) electrons. The standard InChI is InChI=1S/C13H17NO4S/c1-3-7-18-10-5-4-6-11-12(10)14-13(15)9(2)8-19(11,16)17/h4-6,9H,3,7-8H2,1-2H3,(H,14,15). The molecule has 1 aromatic rings. The summed E-state index contributed by atoms with van der Waals surface area (Å²) in [5.74, 6) is -0.639. The number of carbonyl (C=O) groups is 1. The van der Waals surface area contributed by atoms with Gasteiger partial charge in [0.15, 0.2) is 9.84 Å². The van der Waals surface area contributed by atoms with E-state index in [4.69, 9.17) is 4.74 Å². The largest absolute Gasteiger partial charge is 0.491 e. The fourth-order valence-corrected chi connectivity index (χ4v) is 3.70. The molecule has 2 rings (SSSR count). The minimum atomic E-state index is -3.47. The third-order valence-corrected chi connectivity index (χ3v) is 4.90. The average molecular weight is 283 g/mol. The van der Waals surface area contributed by atoms with Crippen LogP contribution in [0.4, 0.5) is 5.69 Å². The van der Waals surface area contributed by atoms with Crippen molar-refractivity contribution in [3.63, 3.8) is 0 Å². The van der Waals surface area contributed by atoms with Gasteiger partial charge in [-0.1, -0.05) is 19.9 Å². The molecule has 1 aliphatic heterocycles. The van der Waals surface area contributed by atoms with Crippen LogP contribution in [0.2, 0.25) is 0 Å². The molecule has 0 saturated carbocycles. The fraction of sp³-hybridized carbons (Fsp3) is 0.462. The summed E-state index contributed by atoms with van der Waals surface area (Å²) in [7, 11) is -3.47. The quantitative estimate of drug-likeness (QED) is 0.918. The molecule has 1 amide bonds. The molecule has 0 bridgehead atoms. The molecule has 0 saturated heterocycles. The number of rotatable bonds is 3. The normalized spacial score (nSPS) is 21.2. The van der Waals surface area contributed by atoms with Crippen molar-refractivity contribution in [1.29, 1.82) is 0 Å². The van der Waals surface area contributed by atoms with Crippen molar-refractivity contribution in [2.75, 3.05) is 17.7 Å². The minimum absolute atomic E-state index is 0.138. The average Bonchev–Trinajstić information content (AvgIpc) is 2.44. The van der Waals surface area contributed by atoms with Gasteiger partial charge in [-0.25, -0.2) is 8.42 Å². The van der Waals surface area contributed by atoms with E-state index in [1.54, 1.807) is 19.1 Å². The molecule has 0 fully saturated rings. The van der Waals surface area contributed by atoms with Crippen LogP contribution in [-0.2, 0) is 14.6 Å². The Labute approximate surface area is 112 Å². The first-order valence-corrected chi connectivity index (χ1v) is 7.90. The van der Waals surface area contributed by atoms with Gasteiger partial charge in [0.1, 0.15) is 11.4 Å². The molecule has 19 heavy (non-hydrogen) atoms. The number of anilines is 1. The lowest BCUT2D eigenvalue weighted by Crippen LogP contribution is -2.22. The van der Waals surface area contributed by atoms with Gasteiger partial charge in [-0.15, -0.1) is 0 Å². The molecule has 1 unspecified atom stereocenters. The van der Waals surface area contributed by atoms with Crippen molar-refractivity contribution in [3.8, 4) is 5.75 Å². The minimum Gasteiger partial charge on any atom is -0.491 e. The van der Waals surface area contributed by atoms with Gasteiger partial charge >= 0.3 is 0 Å². The Kier molecular flexibility index (Phi) is 3.80. The van der Waals surface area contributed by atoms with Gasteiger partial charge in [0, 0.05) is 5.92 Å². The Morgan fingerprint density at radius 2 is 2.16 bits per heavy atom. The predicted molar refractivity (Wildman–Crippen MR) is 72.1 cm³/mol. The van der Waals surface area contributed by atoms with Crippen LogP contribution in [-0.4, -0.2) is 26.7 Å². The summed E-state index contributed by atoms with van der Waals surface area (Å²) in [5.41, 5.74) is 0.269. The lowest BCUT2D eigenvalue weighted by atomic mass is 10.2. The highest BCUT2D eigenvalue weighted by Gasteiger charge is 2.32. The van der Waals surface area contributed by atoms with Crippen molar-refractivity contribution >= 4 is 21.4 Å². The van der Waals surface area contributed by atoms with Crippen LogP contribution in [0.25, 0.3) is 0 Å². The van der Waals surface area contributed by atoms with Gasteiger partial charge in [-0.2, -0.15) is 0 Å². The number of hydrogen-bond donors (Lipinski definition) is 1. The van der Waals surface area contributed by atoms with Crippen LogP contribution in [0.15, 0.2) is 23.1 Å². The maximum atomic E-state index is 12.2. The smallest absolute Gasteiger partial charge is 0.228 e. The maximum Gasteiger partial charge on any atom is 0.228 e. The van der Waals surface area contributed by atoms with E-state index in [2.05, 4.69) is 5.32 Å². The molecular weight excluding hydrogens is 266 g/mol. The monoisotopic (exact) mass is 283 g/mol. The Morgan fingerprint density at radius 1 is 1.42 bits per heavy atom. The highest BCUT2D eigenvalue weighted by atomic mass is 32.2. The van der Waals surface area contributed by atoms with Crippen LogP contribution in [0.1, 0.15) is 20.3 Å². The molecule has 1 heterocycles. The van der Waals surface area contributed by atoms with E-state index in [1.807, 2.05) is 6.92 Å². The van der Waals surface area contributed by atoms with Crippen LogP contribution < -0.4 is 10.1 Å². The molecule has 0 aromatic heterocycles. The predicted octanol–water partition coefficient (Wildman–Crippen LogP) is 1.84. The van der Waals surface area contributed by atoms with Crippen LogP contribution in [0.3, 0.4) is 0 Å². The van der Waals surface area contributed by atoms with Crippen molar-refractivity contribution in [2.45, 2.75) is 25.2 Å². The fourth-order valence-electron chi connectivity index (χ4n) is 1.97. The number of benzene rings is 1. The van der Waals surface area contributed by atoms with Crippen molar-refractivity contribution in [3.05, 3.63) is 18.2 Å². The first-order valence-electron chi connectivity index (χ1n) is 6.25. The second-order valence-electron chi connectivity index (χ2n) is 4.65. The molecule has 1 atom stereocenters. The second-order valence-corrected chi connectivity index (χ2v) is 6.65. The second kappa shape index (κ2) is 5.21. The molecule has 5 nitrogen and oxygen atoms in total. The van der Waals surface area contributed by atoms with Crippen LogP contribution in [0.5, 0.6) is 5.75 Å². The van der Waals surface area contributed by atoms with E-state index in [-0.39, 0.29) is 22.2 Å². The molecule has 0 aliphatic carbocycles. The lowest BCUT2D eigenvalue weighted by molar-refractivity contribution is -0.118. The van der Waals surface area contributed by atoms with Crippen molar-refractivity contribution in [2.24, 2.45) is 5.92 Å². The Morgan fingerprint density at radius 3 is 2.84 bits per heavy atom. The first kappa shape index (κ1) is 13.9. The summed E-state index contributed by atoms with van der Waals surface area (Å²) >= 11 is 0. The number of hydrogen-bond acceptors (Lipinski definition) is 4. The summed E-state index contributed by atoms with van der Waals surface area (Å²) < 4.78 is 30.0. The van der Waals surface area contributed by atoms with E-state index in [0.29, 0.717) is 12.4 Å². The zero-order valence-corrected chi connectivity index (χ0v) is 11.8. The number of ether oxygens (including phenoxy) is 1. The highest BCUT2D eigenvalue weighted by molar-refractivity contribution is 7.91. The highest BCUT2D eigenvalue weighted by Crippen LogP contribution is 2.35. The van der Waals surface area contributed by atoms with E-state index in [0.717, 1.165) is 6.42 Å². The number of amides is 1. The molecule has 104 valence electrons. The molecule has 0 spiro atoms. The first-order chi connectivity index (χ1) is 8.95.